The molecule has 2 atom stereocenters. The highest BCUT2D eigenvalue weighted by molar-refractivity contribution is 5.96. The van der Waals surface area contributed by atoms with E-state index >= 15 is 0 Å². The molecular weight excluding hydrogens is 296 g/mol. The zero-order valence-corrected chi connectivity index (χ0v) is 13.8. The highest BCUT2D eigenvalue weighted by atomic mass is 16.6. The smallest absolute Gasteiger partial charge is 0.259 e. The maximum Gasteiger partial charge on any atom is 0.259 e. The van der Waals surface area contributed by atoms with Crippen molar-refractivity contribution in [2.45, 2.75) is 37.9 Å². The van der Waals surface area contributed by atoms with E-state index in [2.05, 4.69) is 4.98 Å². The average Bonchev–Trinajstić information content (AvgIpc) is 3.05. The fraction of sp³-hybridized carbons (Fsp3) is 0.647. The lowest BCUT2D eigenvalue weighted by Gasteiger charge is -2.44. The molecule has 1 spiro atoms. The fourth-order valence-corrected chi connectivity index (χ4v) is 3.56. The zero-order valence-electron chi connectivity index (χ0n) is 13.8. The third-order valence-corrected chi connectivity index (χ3v) is 4.77. The van der Waals surface area contributed by atoms with Crippen molar-refractivity contribution in [3.63, 3.8) is 0 Å². The van der Waals surface area contributed by atoms with Gasteiger partial charge in [-0.3, -0.25) is 4.79 Å². The van der Waals surface area contributed by atoms with Crippen LogP contribution in [-0.2, 0) is 9.47 Å². The van der Waals surface area contributed by atoms with Crippen LogP contribution in [0.5, 0.6) is 5.88 Å². The molecule has 2 aliphatic rings. The summed E-state index contributed by atoms with van der Waals surface area (Å²) in [6, 6.07) is 3.52. The number of piperidine rings is 1. The number of likely N-dealkylation sites (tertiary alicyclic amines) is 1. The van der Waals surface area contributed by atoms with Gasteiger partial charge in [0, 0.05) is 33.0 Å². The van der Waals surface area contributed by atoms with Gasteiger partial charge in [0.05, 0.1) is 12.2 Å². The van der Waals surface area contributed by atoms with Gasteiger partial charge in [-0.15, -0.1) is 0 Å². The number of amides is 1. The van der Waals surface area contributed by atoms with E-state index in [4.69, 9.17) is 14.2 Å². The van der Waals surface area contributed by atoms with Crippen molar-refractivity contribution in [2.24, 2.45) is 0 Å². The van der Waals surface area contributed by atoms with E-state index in [1.807, 2.05) is 11.8 Å². The Labute approximate surface area is 136 Å². The molecule has 1 aromatic heterocycles. The van der Waals surface area contributed by atoms with E-state index in [0.29, 0.717) is 31.1 Å². The van der Waals surface area contributed by atoms with Gasteiger partial charge in [-0.25, -0.2) is 4.98 Å². The van der Waals surface area contributed by atoms with Gasteiger partial charge in [0.2, 0.25) is 5.88 Å². The van der Waals surface area contributed by atoms with Gasteiger partial charge in [-0.1, -0.05) is 0 Å². The molecule has 0 N–H and O–H groups in total. The number of rotatable bonds is 4. The van der Waals surface area contributed by atoms with Crippen LogP contribution in [0.1, 0.15) is 36.5 Å². The molecule has 0 unspecified atom stereocenters. The van der Waals surface area contributed by atoms with Gasteiger partial charge in [0.1, 0.15) is 11.7 Å². The number of pyridine rings is 1. The quantitative estimate of drug-likeness (QED) is 0.848. The summed E-state index contributed by atoms with van der Waals surface area (Å²) in [4.78, 5) is 18.9. The second-order valence-corrected chi connectivity index (χ2v) is 6.03. The third kappa shape index (κ3) is 3.05. The fourth-order valence-electron chi connectivity index (χ4n) is 3.56. The third-order valence-electron chi connectivity index (χ3n) is 4.77. The molecule has 0 saturated carbocycles. The highest BCUT2D eigenvalue weighted by Crippen LogP contribution is 2.37. The maximum atomic E-state index is 12.9. The number of ether oxygens (including phenoxy) is 3. The van der Waals surface area contributed by atoms with Crippen molar-refractivity contribution in [1.82, 2.24) is 9.88 Å². The molecule has 0 bridgehead atoms. The maximum absolute atomic E-state index is 12.9. The zero-order chi connectivity index (χ0) is 16.3. The first-order valence-corrected chi connectivity index (χ1v) is 8.24. The van der Waals surface area contributed by atoms with Crippen molar-refractivity contribution >= 4 is 5.91 Å². The lowest BCUT2D eigenvalue weighted by Crippen LogP contribution is -2.57. The predicted molar refractivity (Wildman–Crippen MR) is 84.6 cm³/mol. The van der Waals surface area contributed by atoms with Crippen LogP contribution in [0, 0.1) is 0 Å². The number of carbonyl (C=O) groups is 1. The molecule has 6 heteroatoms. The van der Waals surface area contributed by atoms with Gasteiger partial charge in [-0.05, 0) is 38.3 Å². The van der Waals surface area contributed by atoms with E-state index in [0.717, 1.165) is 25.9 Å². The first kappa shape index (κ1) is 16.2. The van der Waals surface area contributed by atoms with Crippen LogP contribution in [0.25, 0.3) is 0 Å². The van der Waals surface area contributed by atoms with Crippen LogP contribution in [0.4, 0.5) is 0 Å². The number of hydrogen-bond acceptors (Lipinski definition) is 5. The topological polar surface area (TPSA) is 60.9 Å². The van der Waals surface area contributed by atoms with Gasteiger partial charge in [0.15, 0.2) is 0 Å². The molecule has 0 aromatic carbocycles. The summed E-state index contributed by atoms with van der Waals surface area (Å²) in [6.45, 7) is 4.35. The number of methoxy groups -OCH3 is 1. The standard InChI is InChI=1S/C17H24N2O4/c1-3-22-15-13(6-4-9-18-15)16(20)19-10-8-17(7-5-11-23-17)14(12-19)21-2/h4,6,9,14H,3,5,7-8,10-12H2,1-2H3/t14-,17-/m0/s1. The Morgan fingerprint density at radius 2 is 2.39 bits per heavy atom. The van der Waals surface area contributed by atoms with Crippen LogP contribution in [0.3, 0.4) is 0 Å². The second-order valence-electron chi connectivity index (χ2n) is 6.03. The number of aromatic nitrogens is 1. The van der Waals surface area contributed by atoms with Gasteiger partial charge in [-0.2, -0.15) is 0 Å². The van der Waals surface area contributed by atoms with Gasteiger partial charge >= 0.3 is 0 Å². The molecule has 1 amide bonds. The van der Waals surface area contributed by atoms with E-state index < -0.39 is 0 Å². The molecule has 6 nitrogen and oxygen atoms in total. The summed E-state index contributed by atoms with van der Waals surface area (Å²) in [7, 11) is 1.69. The Kier molecular flexibility index (Phi) is 4.82. The Morgan fingerprint density at radius 3 is 3.09 bits per heavy atom. The summed E-state index contributed by atoms with van der Waals surface area (Å²) in [5.74, 6) is 0.336. The first-order chi connectivity index (χ1) is 11.2. The van der Waals surface area contributed by atoms with Crippen molar-refractivity contribution in [3.8, 4) is 5.88 Å². The molecule has 126 valence electrons. The number of nitrogens with zero attached hydrogens (tertiary/aromatic N) is 2. The first-order valence-electron chi connectivity index (χ1n) is 8.24. The Balaban J connectivity index is 1.76. The molecule has 3 heterocycles. The van der Waals surface area contributed by atoms with Crippen LogP contribution in [0.15, 0.2) is 18.3 Å². The van der Waals surface area contributed by atoms with Crippen LogP contribution >= 0.6 is 0 Å². The molecule has 3 rings (SSSR count). The molecule has 2 saturated heterocycles. The minimum absolute atomic E-state index is 0.0588. The lowest BCUT2D eigenvalue weighted by molar-refractivity contribution is -0.136. The number of hydrogen-bond donors (Lipinski definition) is 0. The minimum atomic E-state index is -0.219. The molecule has 2 aliphatic heterocycles. The monoisotopic (exact) mass is 320 g/mol. The molecule has 1 aromatic rings. The molecular formula is C17H24N2O4. The summed E-state index contributed by atoms with van der Waals surface area (Å²) < 4.78 is 17.1. The highest BCUT2D eigenvalue weighted by Gasteiger charge is 2.47. The number of carbonyl (C=O) groups excluding carboxylic acids is 1. The van der Waals surface area contributed by atoms with E-state index in [1.54, 1.807) is 25.4 Å². The van der Waals surface area contributed by atoms with Crippen LogP contribution < -0.4 is 4.74 Å². The Bertz CT molecular complexity index is 557. The van der Waals surface area contributed by atoms with Gasteiger partial charge in [0.25, 0.3) is 5.91 Å². The molecule has 0 aliphatic carbocycles. The Hall–Kier alpha value is -1.66. The normalized spacial score (nSPS) is 27.4. The van der Waals surface area contributed by atoms with E-state index in [1.165, 1.54) is 0 Å². The SMILES string of the molecule is CCOc1ncccc1C(=O)N1CC[C@@]2(CCCO2)[C@@H](OC)C1. The predicted octanol–water partition coefficient (Wildman–Crippen LogP) is 1.89. The molecule has 2 fully saturated rings. The van der Waals surface area contributed by atoms with Gasteiger partial charge < -0.3 is 19.1 Å². The average molecular weight is 320 g/mol. The van der Waals surface area contributed by atoms with Crippen molar-refractivity contribution < 1.29 is 19.0 Å². The van der Waals surface area contributed by atoms with E-state index in [9.17, 15) is 4.79 Å². The molecule has 23 heavy (non-hydrogen) atoms. The second kappa shape index (κ2) is 6.84. The lowest BCUT2D eigenvalue weighted by atomic mass is 9.85. The van der Waals surface area contributed by atoms with Crippen molar-refractivity contribution in [2.75, 3.05) is 33.4 Å². The summed E-state index contributed by atoms with van der Waals surface area (Å²) in [6.07, 6.45) is 4.42. The van der Waals surface area contributed by atoms with Crippen LogP contribution in [-0.4, -0.2) is 60.9 Å². The van der Waals surface area contributed by atoms with Crippen LogP contribution in [0.2, 0.25) is 0 Å². The molecule has 0 radical (unpaired) electrons. The summed E-state index contributed by atoms with van der Waals surface area (Å²) in [5, 5.41) is 0. The van der Waals surface area contributed by atoms with Crippen molar-refractivity contribution in [1.29, 1.82) is 0 Å². The summed E-state index contributed by atoms with van der Waals surface area (Å²) >= 11 is 0. The van der Waals surface area contributed by atoms with E-state index in [-0.39, 0.29) is 17.6 Å². The minimum Gasteiger partial charge on any atom is -0.477 e. The summed E-state index contributed by atoms with van der Waals surface area (Å²) in [5.41, 5.74) is 0.288. The Morgan fingerprint density at radius 1 is 1.52 bits per heavy atom. The van der Waals surface area contributed by atoms with Crippen molar-refractivity contribution in [3.05, 3.63) is 23.9 Å². The largest absolute Gasteiger partial charge is 0.477 e.